The lowest BCUT2D eigenvalue weighted by molar-refractivity contribution is -0.146. The van der Waals surface area contributed by atoms with Crippen LogP contribution in [-0.2, 0) is 11.2 Å². The van der Waals surface area contributed by atoms with Crippen molar-refractivity contribution in [3.8, 4) is 0 Å². The van der Waals surface area contributed by atoms with Crippen molar-refractivity contribution in [3.63, 3.8) is 0 Å². The summed E-state index contributed by atoms with van der Waals surface area (Å²) in [5.41, 5.74) is 0. The van der Waals surface area contributed by atoms with Crippen molar-refractivity contribution in [1.29, 1.82) is 0 Å². The Morgan fingerprint density at radius 2 is 2.55 bits per heavy atom. The van der Waals surface area contributed by atoms with Crippen molar-refractivity contribution in [2.45, 2.75) is 12.5 Å². The molecule has 1 atom stereocenters. The number of aliphatic hydroxyl groups excluding tert-OH is 1. The highest BCUT2D eigenvalue weighted by Crippen LogP contribution is 1.93. The van der Waals surface area contributed by atoms with Crippen molar-refractivity contribution in [2.24, 2.45) is 0 Å². The molecule has 0 aliphatic carbocycles. The fourth-order valence-electron chi connectivity index (χ4n) is 0.600. The number of H-pyrrole nitrogens is 1. The summed E-state index contributed by atoms with van der Waals surface area (Å²) in [7, 11) is 0. The summed E-state index contributed by atoms with van der Waals surface area (Å²) in [6, 6.07) is 0. The van der Waals surface area contributed by atoms with Gasteiger partial charge in [0.2, 0.25) is 0 Å². The number of carbonyl (C=O) groups is 1. The van der Waals surface area contributed by atoms with Crippen LogP contribution >= 0.6 is 0 Å². The second-order valence-corrected chi connectivity index (χ2v) is 1.99. The number of aromatic nitrogens is 3. The number of carboxylic acids is 1. The Hall–Kier alpha value is -1.43. The lowest BCUT2D eigenvalue weighted by atomic mass is 10.2. The zero-order chi connectivity index (χ0) is 8.27. The van der Waals surface area contributed by atoms with E-state index in [1.165, 1.54) is 6.33 Å². The van der Waals surface area contributed by atoms with Gasteiger partial charge in [-0.2, -0.15) is 5.10 Å². The highest BCUT2D eigenvalue weighted by Gasteiger charge is 2.14. The normalized spacial score (nSPS) is 12.8. The molecule has 1 heterocycles. The molecular formula is C5H7N3O3. The van der Waals surface area contributed by atoms with Gasteiger partial charge in [0.15, 0.2) is 6.10 Å². The number of aromatic amines is 1. The SMILES string of the molecule is O=C(O)C(O)Cc1ncn[nH]1. The first kappa shape index (κ1) is 7.67. The molecular weight excluding hydrogens is 150 g/mol. The van der Waals surface area contributed by atoms with Gasteiger partial charge in [-0.3, -0.25) is 5.10 Å². The molecule has 1 aromatic rings. The number of hydrogen-bond donors (Lipinski definition) is 3. The molecule has 0 aliphatic heterocycles. The van der Waals surface area contributed by atoms with Crippen molar-refractivity contribution in [1.82, 2.24) is 15.2 Å². The molecule has 0 aliphatic rings. The van der Waals surface area contributed by atoms with E-state index in [0.29, 0.717) is 5.82 Å². The van der Waals surface area contributed by atoms with E-state index in [4.69, 9.17) is 10.2 Å². The Labute approximate surface area is 61.9 Å². The van der Waals surface area contributed by atoms with E-state index in [1.807, 2.05) is 0 Å². The Bertz CT molecular complexity index is 233. The van der Waals surface area contributed by atoms with Gasteiger partial charge in [0.1, 0.15) is 12.2 Å². The summed E-state index contributed by atoms with van der Waals surface area (Å²) in [4.78, 5) is 13.8. The summed E-state index contributed by atoms with van der Waals surface area (Å²) < 4.78 is 0. The standard InChI is InChI=1S/C5H7N3O3/c9-3(5(10)11)1-4-6-2-7-8-4/h2-3,9H,1H2,(H,10,11)(H,6,7,8). The Morgan fingerprint density at radius 1 is 1.82 bits per heavy atom. The molecule has 1 aromatic heterocycles. The molecule has 11 heavy (non-hydrogen) atoms. The lowest BCUT2D eigenvalue weighted by Crippen LogP contribution is -2.22. The number of aliphatic carboxylic acids is 1. The average molecular weight is 157 g/mol. The zero-order valence-corrected chi connectivity index (χ0v) is 5.56. The van der Waals surface area contributed by atoms with Crippen LogP contribution in [-0.4, -0.2) is 37.5 Å². The van der Waals surface area contributed by atoms with E-state index in [2.05, 4.69) is 15.2 Å². The van der Waals surface area contributed by atoms with Crippen LogP contribution in [0.1, 0.15) is 5.82 Å². The van der Waals surface area contributed by atoms with Gasteiger partial charge < -0.3 is 10.2 Å². The fourth-order valence-corrected chi connectivity index (χ4v) is 0.600. The van der Waals surface area contributed by atoms with Gasteiger partial charge in [0.25, 0.3) is 0 Å². The predicted octanol–water partition coefficient (Wildman–Crippen LogP) is -1.21. The number of nitrogens with one attached hydrogen (secondary N) is 1. The van der Waals surface area contributed by atoms with Crippen molar-refractivity contribution in [2.75, 3.05) is 0 Å². The summed E-state index contributed by atoms with van der Waals surface area (Å²) in [6.07, 6.45) is -0.206. The van der Waals surface area contributed by atoms with E-state index in [1.54, 1.807) is 0 Å². The molecule has 0 radical (unpaired) electrons. The first-order valence-electron chi connectivity index (χ1n) is 2.95. The minimum absolute atomic E-state index is 0.0463. The van der Waals surface area contributed by atoms with Crippen molar-refractivity contribution >= 4 is 5.97 Å². The molecule has 1 unspecified atom stereocenters. The topological polar surface area (TPSA) is 99.1 Å². The van der Waals surface area contributed by atoms with Gasteiger partial charge in [0.05, 0.1) is 0 Å². The van der Waals surface area contributed by atoms with Crippen molar-refractivity contribution in [3.05, 3.63) is 12.2 Å². The third-order valence-corrected chi connectivity index (χ3v) is 1.14. The molecule has 0 spiro atoms. The molecule has 6 heteroatoms. The Morgan fingerprint density at radius 3 is 3.00 bits per heavy atom. The van der Waals surface area contributed by atoms with Gasteiger partial charge >= 0.3 is 5.97 Å². The van der Waals surface area contributed by atoms with E-state index in [-0.39, 0.29) is 6.42 Å². The minimum Gasteiger partial charge on any atom is -0.479 e. The number of nitrogens with zero attached hydrogens (tertiary/aromatic N) is 2. The first-order valence-corrected chi connectivity index (χ1v) is 2.95. The summed E-state index contributed by atoms with van der Waals surface area (Å²) >= 11 is 0. The second-order valence-electron chi connectivity index (χ2n) is 1.99. The average Bonchev–Trinajstić information content (AvgIpc) is 2.39. The maximum atomic E-state index is 10.1. The second kappa shape index (κ2) is 3.11. The molecule has 3 N–H and O–H groups in total. The minimum atomic E-state index is -1.41. The fraction of sp³-hybridized carbons (Fsp3) is 0.400. The zero-order valence-electron chi connectivity index (χ0n) is 5.56. The Balaban J connectivity index is 2.50. The van der Waals surface area contributed by atoms with Crippen LogP contribution in [0.4, 0.5) is 0 Å². The van der Waals surface area contributed by atoms with E-state index in [9.17, 15) is 4.79 Å². The van der Waals surface area contributed by atoms with Crippen molar-refractivity contribution < 1.29 is 15.0 Å². The monoisotopic (exact) mass is 157 g/mol. The van der Waals surface area contributed by atoms with E-state index in [0.717, 1.165) is 0 Å². The third kappa shape index (κ3) is 2.01. The van der Waals surface area contributed by atoms with Crippen LogP contribution in [0.25, 0.3) is 0 Å². The first-order chi connectivity index (χ1) is 5.20. The van der Waals surface area contributed by atoms with Crippen LogP contribution in [0, 0.1) is 0 Å². The predicted molar refractivity (Wildman–Crippen MR) is 33.7 cm³/mol. The molecule has 0 saturated heterocycles. The van der Waals surface area contributed by atoms with Gasteiger partial charge in [-0.1, -0.05) is 0 Å². The molecule has 0 saturated carbocycles. The summed E-state index contributed by atoms with van der Waals surface area (Å²) in [5, 5.41) is 23.0. The molecule has 0 amide bonds. The third-order valence-electron chi connectivity index (χ3n) is 1.14. The van der Waals surface area contributed by atoms with Gasteiger partial charge in [-0.05, 0) is 0 Å². The maximum absolute atomic E-state index is 10.1. The summed E-state index contributed by atoms with van der Waals surface area (Å²) in [6.45, 7) is 0. The van der Waals surface area contributed by atoms with Crippen LogP contribution < -0.4 is 0 Å². The highest BCUT2D eigenvalue weighted by atomic mass is 16.4. The van der Waals surface area contributed by atoms with Crippen LogP contribution in [0.2, 0.25) is 0 Å². The van der Waals surface area contributed by atoms with E-state index >= 15 is 0 Å². The van der Waals surface area contributed by atoms with Gasteiger partial charge in [0, 0.05) is 6.42 Å². The number of carboxylic acid groups (broad SMARTS) is 1. The highest BCUT2D eigenvalue weighted by molar-refractivity contribution is 5.72. The van der Waals surface area contributed by atoms with E-state index < -0.39 is 12.1 Å². The maximum Gasteiger partial charge on any atom is 0.332 e. The quantitative estimate of drug-likeness (QED) is 0.511. The number of rotatable bonds is 3. The Kier molecular flexibility index (Phi) is 2.17. The van der Waals surface area contributed by atoms with Crippen LogP contribution in [0.3, 0.4) is 0 Å². The van der Waals surface area contributed by atoms with Gasteiger partial charge in [-0.25, -0.2) is 9.78 Å². The molecule has 60 valence electrons. The molecule has 6 nitrogen and oxygen atoms in total. The van der Waals surface area contributed by atoms with Crippen LogP contribution in [0.15, 0.2) is 6.33 Å². The number of aliphatic hydroxyl groups is 1. The molecule has 0 aromatic carbocycles. The smallest absolute Gasteiger partial charge is 0.332 e. The number of hydrogen-bond acceptors (Lipinski definition) is 4. The van der Waals surface area contributed by atoms with Gasteiger partial charge in [-0.15, -0.1) is 0 Å². The summed E-state index contributed by atoms with van der Waals surface area (Å²) in [5.74, 6) is -0.902. The molecule has 1 rings (SSSR count). The van der Waals surface area contributed by atoms with Crippen LogP contribution in [0.5, 0.6) is 0 Å². The molecule has 0 fully saturated rings. The molecule has 0 bridgehead atoms. The lowest BCUT2D eigenvalue weighted by Gasteiger charge is -1.99. The largest absolute Gasteiger partial charge is 0.479 e.